The van der Waals surface area contributed by atoms with E-state index in [0.717, 1.165) is 5.56 Å². The van der Waals surface area contributed by atoms with Gasteiger partial charge in [0.15, 0.2) is 5.75 Å². The molecule has 1 aromatic rings. The largest absolute Gasteiger partial charge is 0.505 e. The minimum Gasteiger partial charge on any atom is -0.505 e. The molecule has 2 amide bonds. The fourth-order valence-electron chi connectivity index (χ4n) is 2.08. The number of anilines is 1. The summed E-state index contributed by atoms with van der Waals surface area (Å²) in [5, 5.41) is 12.9. The average Bonchev–Trinajstić information content (AvgIpc) is 2.50. The number of amides is 2. The zero-order valence-corrected chi connectivity index (χ0v) is 13.2. The number of aromatic hydroxyl groups is 1. The third-order valence-electron chi connectivity index (χ3n) is 3.45. The van der Waals surface area contributed by atoms with Crippen molar-refractivity contribution in [2.45, 2.75) is 40.5 Å². The molecule has 5 heteroatoms. The van der Waals surface area contributed by atoms with Crippen molar-refractivity contribution < 1.29 is 14.7 Å². The van der Waals surface area contributed by atoms with E-state index in [9.17, 15) is 14.7 Å². The number of aryl methyl sites for hydroxylation is 1. The van der Waals surface area contributed by atoms with Crippen molar-refractivity contribution in [3.63, 3.8) is 0 Å². The third kappa shape index (κ3) is 3.97. The Labute approximate surface area is 126 Å². The minimum atomic E-state index is -0.222. The first kappa shape index (κ1) is 17.0. The summed E-state index contributed by atoms with van der Waals surface area (Å²) in [6.07, 6.45) is 1.03. The number of carbonyl (C=O) groups is 2. The second kappa shape index (κ2) is 7.67. The van der Waals surface area contributed by atoms with Crippen molar-refractivity contribution in [2.75, 3.05) is 18.4 Å². The molecule has 0 aliphatic carbocycles. The molecule has 0 aliphatic heterocycles. The van der Waals surface area contributed by atoms with Gasteiger partial charge in [-0.3, -0.25) is 9.59 Å². The molecule has 5 nitrogen and oxygen atoms in total. The fourth-order valence-corrected chi connectivity index (χ4v) is 2.08. The fraction of sp³-hybridized carbons (Fsp3) is 0.500. The molecule has 0 unspecified atom stereocenters. The van der Waals surface area contributed by atoms with E-state index < -0.39 is 0 Å². The van der Waals surface area contributed by atoms with Crippen molar-refractivity contribution >= 4 is 17.5 Å². The smallest absolute Gasteiger partial charge is 0.257 e. The summed E-state index contributed by atoms with van der Waals surface area (Å²) in [6.45, 7) is 8.62. The maximum atomic E-state index is 12.5. The second-order valence-electron chi connectivity index (χ2n) is 4.77. The number of carbonyl (C=O) groups excluding carboxylic acids is 2. The lowest BCUT2D eigenvalue weighted by atomic mass is 10.0. The van der Waals surface area contributed by atoms with Gasteiger partial charge in [-0.05, 0) is 38.0 Å². The van der Waals surface area contributed by atoms with Gasteiger partial charge in [0.25, 0.3) is 5.91 Å². The van der Waals surface area contributed by atoms with Crippen molar-refractivity contribution in [2.24, 2.45) is 0 Å². The number of nitrogens with zero attached hydrogens (tertiary/aromatic N) is 1. The molecule has 0 fully saturated rings. The van der Waals surface area contributed by atoms with Gasteiger partial charge in [-0.1, -0.05) is 13.8 Å². The lowest BCUT2D eigenvalue weighted by Gasteiger charge is -2.21. The Morgan fingerprint density at radius 1 is 1.14 bits per heavy atom. The normalized spacial score (nSPS) is 10.3. The molecule has 1 aromatic carbocycles. The number of nitrogens with one attached hydrogen (secondary N) is 1. The Bertz CT molecular complexity index is 522. The van der Waals surface area contributed by atoms with Crippen LogP contribution in [0.15, 0.2) is 12.1 Å². The molecule has 116 valence electrons. The highest BCUT2D eigenvalue weighted by molar-refractivity contribution is 6.01. The Morgan fingerprint density at radius 2 is 1.76 bits per heavy atom. The Morgan fingerprint density at radius 3 is 2.24 bits per heavy atom. The van der Waals surface area contributed by atoms with Crippen LogP contribution in [-0.2, 0) is 11.2 Å². The Kier molecular flexibility index (Phi) is 6.21. The molecule has 0 spiro atoms. The van der Waals surface area contributed by atoms with E-state index in [1.54, 1.807) is 24.0 Å². The maximum absolute atomic E-state index is 12.5. The molecule has 0 aromatic heterocycles. The van der Waals surface area contributed by atoms with Crippen molar-refractivity contribution in [1.82, 2.24) is 4.90 Å². The van der Waals surface area contributed by atoms with Crippen LogP contribution in [0.1, 0.15) is 50.0 Å². The Hall–Kier alpha value is -2.04. The van der Waals surface area contributed by atoms with Crippen LogP contribution in [-0.4, -0.2) is 34.9 Å². The van der Waals surface area contributed by atoms with Gasteiger partial charge < -0.3 is 15.3 Å². The monoisotopic (exact) mass is 292 g/mol. The van der Waals surface area contributed by atoms with E-state index in [4.69, 9.17) is 0 Å². The van der Waals surface area contributed by atoms with Gasteiger partial charge in [0.05, 0.1) is 11.3 Å². The van der Waals surface area contributed by atoms with Gasteiger partial charge in [0, 0.05) is 19.5 Å². The van der Waals surface area contributed by atoms with E-state index in [0.29, 0.717) is 31.6 Å². The lowest BCUT2D eigenvalue weighted by molar-refractivity contribution is -0.115. The SMILES string of the molecule is CCC(=O)Nc1cc(CC)cc(C(=O)N(CC)CC)c1O. The first-order valence-electron chi connectivity index (χ1n) is 7.43. The summed E-state index contributed by atoms with van der Waals surface area (Å²) in [4.78, 5) is 25.6. The molecule has 0 saturated carbocycles. The van der Waals surface area contributed by atoms with Crippen LogP contribution >= 0.6 is 0 Å². The van der Waals surface area contributed by atoms with Crippen LogP contribution in [0, 0.1) is 0 Å². The van der Waals surface area contributed by atoms with Gasteiger partial charge in [-0.2, -0.15) is 0 Å². The van der Waals surface area contributed by atoms with Gasteiger partial charge in [0.1, 0.15) is 0 Å². The summed E-state index contributed by atoms with van der Waals surface area (Å²) in [6, 6.07) is 3.40. The zero-order chi connectivity index (χ0) is 16.0. The third-order valence-corrected chi connectivity index (χ3v) is 3.45. The van der Waals surface area contributed by atoms with Crippen molar-refractivity contribution in [3.8, 4) is 5.75 Å². The van der Waals surface area contributed by atoms with E-state index in [1.807, 2.05) is 20.8 Å². The first-order valence-corrected chi connectivity index (χ1v) is 7.43. The standard InChI is InChI=1S/C16H24N2O3/c1-5-11-9-12(16(21)18(7-3)8-4)15(20)13(10-11)17-14(19)6-2/h9-10,20H,5-8H2,1-4H3,(H,17,19). The van der Waals surface area contributed by atoms with Gasteiger partial charge in [-0.25, -0.2) is 0 Å². The molecular formula is C16H24N2O3. The average molecular weight is 292 g/mol. The van der Waals surface area contributed by atoms with E-state index >= 15 is 0 Å². The summed E-state index contributed by atoms with van der Waals surface area (Å²) in [7, 11) is 0. The molecule has 21 heavy (non-hydrogen) atoms. The predicted molar refractivity (Wildman–Crippen MR) is 83.7 cm³/mol. The molecule has 0 saturated heterocycles. The summed E-state index contributed by atoms with van der Waals surface area (Å²) < 4.78 is 0. The van der Waals surface area contributed by atoms with Gasteiger partial charge in [0.2, 0.25) is 5.91 Å². The highest BCUT2D eigenvalue weighted by atomic mass is 16.3. The molecule has 0 heterocycles. The maximum Gasteiger partial charge on any atom is 0.257 e. The van der Waals surface area contributed by atoms with Crippen LogP contribution in [0.25, 0.3) is 0 Å². The molecule has 0 bridgehead atoms. The topological polar surface area (TPSA) is 69.6 Å². The van der Waals surface area contributed by atoms with Crippen LogP contribution in [0.2, 0.25) is 0 Å². The highest BCUT2D eigenvalue weighted by Crippen LogP contribution is 2.31. The van der Waals surface area contributed by atoms with Crippen molar-refractivity contribution in [1.29, 1.82) is 0 Å². The number of phenols is 1. The van der Waals surface area contributed by atoms with Gasteiger partial charge in [-0.15, -0.1) is 0 Å². The summed E-state index contributed by atoms with van der Waals surface area (Å²) in [5.74, 6) is -0.578. The first-order chi connectivity index (χ1) is 9.98. The molecule has 2 N–H and O–H groups in total. The zero-order valence-electron chi connectivity index (χ0n) is 13.2. The summed E-state index contributed by atoms with van der Waals surface area (Å²) in [5.41, 5.74) is 1.44. The molecule has 0 aliphatic rings. The molecule has 0 radical (unpaired) electrons. The molecular weight excluding hydrogens is 268 g/mol. The number of benzene rings is 1. The quantitative estimate of drug-likeness (QED) is 0.792. The number of hydrogen-bond acceptors (Lipinski definition) is 3. The number of rotatable bonds is 6. The van der Waals surface area contributed by atoms with Crippen LogP contribution in [0.5, 0.6) is 5.75 Å². The van der Waals surface area contributed by atoms with Gasteiger partial charge >= 0.3 is 0 Å². The van der Waals surface area contributed by atoms with Crippen LogP contribution in [0.4, 0.5) is 5.69 Å². The van der Waals surface area contributed by atoms with E-state index in [2.05, 4.69) is 5.32 Å². The van der Waals surface area contributed by atoms with Crippen molar-refractivity contribution in [3.05, 3.63) is 23.3 Å². The van der Waals surface area contributed by atoms with E-state index in [1.165, 1.54) is 0 Å². The second-order valence-corrected chi connectivity index (χ2v) is 4.77. The lowest BCUT2D eigenvalue weighted by Crippen LogP contribution is -2.30. The molecule has 1 rings (SSSR count). The highest BCUT2D eigenvalue weighted by Gasteiger charge is 2.20. The number of phenolic OH excluding ortho intramolecular Hbond substituents is 1. The number of hydrogen-bond donors (Lipinski definition) is 2. The predicted octanol–water partition coefficient (Wildman–Crippen LogP) is 2.79. The Balaban J connectivity index is 3.28. The van der Waals surface area contributed by atoms with E-state index in [-0.39, 0.29) is 23.1 Å². The minimum absolute atomic E-state index is 0.161. The molecule has 0 atom stereocenters. The summed E-state index contributed by atoms with van der Waals surface area (Å²) >= 11 is 0. The van der Waals surface area contributed by atoms with Crippen LogP contribution in [0.3, 0.4) is 0 Å². The van der Waals surface area contributed by atoms with Crippen LogP contribution < -0.4 is 5.32 Å².